The summed E-state index contributed by atoms with van der Waals surface area (Å²) >= 11 is 0. The second kappa shape index (κ2) is 6.87. The first-order valence-electron chi connectivity index (χ1n) is 8.78. The molecule has 23 heavy (non-hydrogen) atoms. The number of amides is 1. The molecule has 2 aliphatic heterocycles. The Kier molecular flexibility index (Phi) is 4.85. The number of hydrogen-bond acceptors (Lipinski definition) is 4. The van der Waals surface area contributed by atoms with E-state index in [0.717, 1.165) is 37.6 Å². The minimum Gasteiger partial charge on any atom is -0.354 e. The molecule has 0 spiro atoms. The Morgan fingerprint density at radius 3 is 2.74 bits per heavy atom. The number of pyridine rings is 1. The summed E-state index contributed by atoms with van der Waals surface area (Å²) in [5.74, 6) is 1.09. The second-order valence-electron chi connectivity index (χ2n) is 7.05. The van der Waals surface area contributed by atoms with Crippen molar-refractivity contribution >= 4 is 11.7 Å². The molecule has 0 N–H and O–H groups in total. The third kappa shape index (κ3) is 3.50. The van der Waals surface area contributed by atoms with Crippen LogP contribution >= 0.6 is 0 Å². The van der Waals surface area contributed by atoms with Crippen LogP contribution in [0.4, 0.5) is 5.82 Å². The first kappa shape index (κ1) is 16.2. The van der Waals surface area contributed by atoms with Gasteiger partial charge >= 0.3 is 0 Å². The van der Waals surface area contributed by atoms with Crippen molar-refractivity contribution < 1.29 is 4.79 Å². The van der Waals surface area contributed by atoms with Crippen LogP contribution in [0.1, 0.15) is 43.5 Å². The molecule has 1 aromatic rings. The summed E-state index contributed by atoms with van der Waals surface area (Å²) in [6.07, 6.45) is 5.48. The monoisotopic (exact) mass is 316 g/mol. The summed E-state index contributed by atoms with van der Waals surface area (Å²) in [5.41, 5.74) is 0.768. The van der Waals surface area contributed by atoms with E-state index in [4.69, 9.17) is 0 Å². The Morgan fingerprint density at radius 2 is 2.00 bits per heavy atom. The number of aromatic nitrogens is 1. The Labute approximate surface area is 139 Å². The van der Waals surface area contributed by atoms with Crippen LogP contribution in [-0.2, 0) is 0 Å². The average molecular weight is 316 g/mol. The van der Waals surface area contributed by atoms with E-state index in [1.165, 1.54) is 19.3 Å². The van der Waals surface area contributed by atoms with Gasteiger partial charge in [-0.05, 0) is 52.3 Å². The third-order valence-corrected chi connectivity index (χ3v) is 5.18. The van der Waals surface area contributed by atoms with Crippen molar-refractivity contribution in [3.63, 3.8) is 0 Å². The van der Waals surface area contributed by atoms with E-state index in [9.17, 15) is 4.79 Å². The van der Waals surface area contributed by atoms with Crippen LogP contribution < -0.4 is 4.90 Å². The van der Waals surface area contributed by atoms with Crippen LogP contribution in [0.2, 0.25) is 0 Å². The maximum absolute atomic E-state index is 12.9. The SMILES string of the molecule is CC1CN(C)CCN1C(=O)c1ccnc(N2CCCCC2C)c1. The van der Waals surface area contributed by atoms with Gasteiger partial charge in [0.15, 0.2) is 0 Å². The number of carbonyl (C=O) groups excluding carboxylic acids is 1. The molecule has 2 unspecified atom stereocenters. The Morgan fingerprint density at radius 1 is 1.17 bits per heavy atom. The van der Waals surface area contributed by atoms with Crippen LogP contribution in [0, 0.1) is 0 Å². The maximum Gasteiger partial charge on any atom is 0.254 e. The van der Waals surface area contributed by atoms with E-state index < -0.39 is 0 Å². The van der Waals surface area contributed by atoms with Crippen molar-refractivity contribution in [2.45, 2.75) is 45.2 Å². The highest BCUT2D eigenvalue weighted by molar-refractivity contribution is 5.95. The van der Waals surface area contributed by atoms with Crippen molar-refractivity contribution in [3.8, 4) is 0 Å². The van der Waals surface area contributed by atoms with Crippen molar-refractivity contribution in [1.82, 2.24) is 14.8 Å². The van der Waals surface area contributed by atoms with E-state index in [1.807, 2.05) is 17.0 Å². The van der Waals surface area contributed by atoms with Gasteiger partial charge in [0.1, 0.15) is 5.82 Å². The molecule has 126 valence electrons. The highest BCUT2D eigenvalue weighted by atomic mass is 16.2. The predicted octanol–water partition coefficient (Wildman–Crippen LogP) is 2.24. The molecular weight excluding hydrogens is 288 g/mol. The normalized spacial score (nSPS) is 26.4. The van der Waals surface area contributed by atoms with Crippen molar-refractivity contribution in [3.05, 3.63) is 23.9 Å². The molecule has 5 nitrogen and oxygen atoms in total. The number of likely N-dealkylation sites (N-methyl/N-ethyl adjacent to an activating group) is 1. The highest BCUT2D eigenvalue weighted by Crippen LogP contribution is 2.24. The summed E-state index contributed by atoms with van der Waals surface area (Å²) in [6.45, 7) is 8.09. The fourth-order valence-electron chi connectivity index (χ4n) is 3.75. The largest absolute Gasteiger partial charge is 0.354 e. The first-order chi connectivity index (χ1) is 11.1. The molecule has 1 amide bonds. The summed E-state index contributed by atoms with van der Waals surface area (Å²) in [5, 5.41) is 0. The smallest absolute Gasteiger partial charge is 0.254 e. The number of piperazine rings is 1. The zero-order chi connectivity index (χ0) is 16.4. The van der Waals surface area contributed by atoms with Crippen LogP contribution in [0.25, 0.3) is 0 Å². The Bertz CT molecular complexity index is 562. The first-order valence-corrected chi connectivity index (χ1v) is 8.78. The van der Waals surface area contributed by atoms with E-state index in [1.54, 1.807) is 6.20 Å². The van der Waals surface area contributed by atoms with Gasteiger partial charge in [-0.2, -0.15) is 0 Å². The minimum absolute atomic E-state index is 0.138. The quantitative estimate of drug-likeness (QED) is 0.839. The molecule has 0 bridgehead atoms. The summed E-state index contributed by atoms with van der Waals surface area (Å²) < 4.78 is 0. The molecule has 2 aliphatic rings. The minimum atomic E-state index is 0.138. The lowest BCUT2D eigenvalue weighted by molar-refractivity contribution is 0.0533. The summed E-state index contributed by atoms with van der Waals surface area (Å²) in [7, 11) is 2.11. The van der Waals surface area contributed by atoms with E-state index >= 15 is 0 Å². The number of nitrogens with zero attached hydrogens (tertiary/aromatic N) is 4. The zero-order valence-corrected chi connectivity index (χ0v) is 14.5. The van der Waals surface area contributed by atoms with Crippen LogP contribution in [0.5, 0.6) is 0 Å². The summed E-state index contributed by atoms with van der Waals surface area (Å²) in [6, 6.07) is 4.59. The van der Waals surface area contributed by atoms with Gasteiger partial charge in [0.25, 0.3) is 5.91 Å². The van der Waals surface area contributed by atoms with Gasteiger partial charge in [-0.1, -0.05) is 0 Å². The lowest BCUT2D eigenvalue weighted by atomic mass is 10.0. The van der Waals surface area contributed by atoms with Gasteiger partial charge in [0, 0.05) is 50.0 Å². The van der Waals surface area contributed by atoms with Crippen molar-refractivity contribution in [1.29, 1.82) is 0 Å². The Balaban J connectivity index is 1.77. The molecule has 2 fully saturated rings. The van der Waals surface area contributed by atoms with Crippen LogP contribution in [0.3, 0.4) is 0 Å². The van der Waals surface area contributed by atoms with Crippen LogP contribution in [-0.4, -0.2) is 66.0 Å². The van der Waals surface area contributed by atoms with Gasteiger partial charge in [-0.3, -0.25) is 4.79 Å². The predicted molar refractivity (Wildman–Crippen MR) is 92.9 cm³/mol. The van der Waals surface area contributed by atoms with Gasteiger partial charge < -0.3 is 14.7 Å². The zero-order valence-electron chi connectivity index (χ0n) is 14.5. The number of anilines is 1. The highest BCUT2D eigenvalue weighted by Gasteiger charge is 2.27. The second-order valence-corrected chi connectivity index (χ2v) is 7.05. The number of carbonyl (C=O) groups is 1. The molecule has 0 radical (unpaired) electrons. The molecule has 3 rings (SSSR count). The molecule has 0 saturated carbocycles. The van der Waals surface area contributed by atoms with Crippen molar-refractivity contribution in [2.24, 2.45) is 0 Å². The molecule has 5 heteroatoms. The molecule has 2 atom stereocenters. The average Bonchev–Trinajstić information content (AvgIpc) is 2.55. The number of hydrogen-bond donors (Lipinski definition) is 0. The lowest BCUT2D eigenvalue weighted by Gasteiger charge is -2.38. The van der Waals surface area contributed by atoms with Crippen molar-refractivity contribution in [2.75, 3.05) is 38.1 Å². The summed E-state index contributed by atoms with van der Waals surface area (Å²) in [4.78, 5) is 24.0. The topological polar surface area (TPSA) is 39.7 Å². The standard InChI is InChI=1S/C18H28N4O/c1-14-6-4-5-9-21(14)17-12-16(7-8-19-17)18(23)22-11-10-20(3)13-15(22)2/h7-8,12,14-15H,4-6,9-11,13H2,1-3H3. The van der Waals surface area contributed by atoms with E-state index in [2.05, 4.69) is 35.7 Å². The lowest BCUT2D eigenvalue weighted by Crippen LogP contribution is -2.52. The van der Waals surface area contributed by atoms with Gasteiger partial charge in [-0.25, -0.2) is 4.98 Å². The van der Waals surface area contributed by atoms with E-state index in [0.29, 0.717) is 6.04 Å². The van der Waals surface area contributed by atoms with Gasteiger partial charge in [0.2, 0.25) is 0 Å². The molecule has 3 heterocycles. The molecule has 2 saturated heterocycles. The molecular formula is C18H28N4O. The Hall–Kier alpha value is -1.62. The number of rotatable bonds is 2. The molecule has 0 aromatic carbocycles. The fourth-order valence-corrected chi connectivity index (χ4v) is 3.75. The van der Waals surface area contributed by atoms with E-state index in [-0.39, 0.29) is 11.9 Å². The maximum atomic E-state index is 12.9. The van der Waals surface area contributed by atoms with Crippen LogP contribution in [0.15, 0.2) is 18.3 Å². The fraction of sp³-hybridized carbons (Fsp3) is 0.667. The van der Waals surface area contributed by atoms with Gasteiger partial charge in [-0.15, -0.1) is 0 Å². The third-order valence-electron chi connectivity index (χ3n) is 5.18. The molecule has 0 aliphatic carbocycles. The number of piperidine rings is 1. The van der Waals surface area contributed by atoms with Gasteiger partial charge in [0.05, 0.1) is 0 Å². The molecule has 1 aromatic heterocycles.